The van der Waals surface area contributed by atoms with E-state index in [2.05, 4.69) is 11.9 Å². The second-order valence-corrected chi connectivity index (χ2v) is 2.58. The smallest absolute Gasteiger partial charge is 0.0698 e. The van der Waals surface area contributed by atoms with Gasteiger partial charge in [0.15, 0.2) is 0 Å². The molecule has 9 heavy (non-hydrogen) atoms. The second kappa shape index (κ2) is 3.18. The van der Waals surface area contributed by atoms with Crippen LogP contribution < -0.4 is 0 Å². The summed E-state index contributed by atoms with van der Waals surface area (Å²) in [5.74, 6) is 0. The largest absolute Gasteiger partial charge is 0.380 e. The summed E-state index contributed by atoms with van der Waals surface area (Å²) in [6.45, 7) is 2.12. The molecule has 0 aromatic rings. The normalized spacial score (nSPS) is 30.7. The fourth-order valence-corrected chi connectivity index (χ4v) is 1.21. The molecule has 0 spiro atoms. The highest BCUT2D eigenvalue weighted by molar-refractivity contribution is 4.71. The Morgan fingerprint density at radius 1 is 1.67 bits per heavy atom. The summed E-state index contributed by atoms with van der Waals surface area (Å²) in [6.07, 6.45) is 2.85. The van der Waals surface area contributed by atoms with E-state index in [1.807, 2.05) is 0 Å². The van der Waals surface area contributed by atoms with Crippen molar-refractivity contribution in [3.63, 3.8) is 0 Å². The number of piperidine rings is 1. The van der Waals surface area contributed by atoms with E-state index in [0.717, 1.165) is 13.1 Å². The van der Waals surface area contributed by atoms with E-state index in [-0.39, 0.29) is 0 Å². The lowest BCUT2D eigenvalue weighted by Crippen LogP contribution is -2.34. The quantitative estimate of drug-likeness (QED) is 0.520. The van der Waals surface area contributed by atoms with Crippen LogP contribution in [-0.2, 0) is 4.74 Å². The summed E-state index contributed by atoms with van der Waals surface area (Å²) in [7, 11) is 5.62. The van der Waals surface area contributed by atoms with Crippen molar-refractivity contribution in [2.75, 3.05) is 20.2 Å². The monoisotopic (exact) mass is 128 g/mol. The third kappa shape index (κ3) is 1.95. The van der Waals surface area contributed by atoms with E-state index >= 15 is 0 Å². The van der Waals surface area contributed by atoms with E-state index in [0.29, 0.717) is 6.10 Å². The molecule has 1 heterocycles. The number of likely N-dealkylation sites (tertiary alicyclic amines) is 1. The number of nitrogens with zero attached hydrogens (tertiary/aromatic N) is 1. The van der Waals surface area contributed by atoms with Gasteiger partial charge in [-0.2, -0.15) is 0 Å². The summed E-state index contributed by atoms with van der Waals surface area (Å²) in [5.41, 5.74) is 0. The molecule has 2 heteroatoms. The molecule has 0 N–H and O–H groups in total. The SMILES string of the molecule is [CH2]N1CCCC(OC)C1. The summed E-state index contributed by atoms with van der Waals surface area (Å²) in [6, 6.07) is 0. The van der Waals surface area contributed by atoms with Crippen molar-refractivity contribution in [1.82, 2.24) is 4.90 Å². The Morgan fingerprint density at radius 3 is 2.89 bits per heavy atom. The molecule has 0 aromatic heterocycles. The number of methoxy groups -OCH3 is 1. The molecule has 2 nitrogen and oxygen atoms in total. The minimum Gasteiger partial charge on any atom is -0.380 e. The average molecular weight is 128 g/mol. The zero-order valence-electron chi connectivity index (χ0n) is 5.97. The van der Waals surface area contributed by atoms with E-state index in [1.165, 1.54) is 12.8 Å². The molecule has 0 bridgehead atoms. The van der Waals surface area contributed by atoms with Crippen LogP contribution in [0.25, 0.3) is 0 Å². The van der Waals surface area contributed by atoms with Gasteiger partial charge in [0, 0.05) is 20.7 Å². The Balaban J connectivity index is 2.23. The lowest BCUT2D eigenvalue weighted by atomic mass is 10.1. The molecule has 0 aliphatic carbocycles. The number of hydrogen-bond donors (Lipinski definition) is 0. The summed E-state index contributed by atoms with van der Waals surface area (Å²) in [4.78, 5) is 2.07. The van der Waals surface area contributed by atoms with Gasteiger partial charge in [-0.15, -0.1) is 0 Å². The van der Waals surface area contributed by atoms with Gasteiger partial charge < -0.3 is 4.74 Å². The van der Waals surface area contributed by atoms with E-state index < -0.39 is 0 Å². The highest BCUT2D eigenvalue weighted by Crippen LogP contribution is 2.10. The molecule has 0 saturated carbocycles. The van der Waals surface area contributed by atoms with E-state index in [1.54, 1.807) is 7.11 Å². The summed E-state index contributed by atoms with van der Waals surface area (Å²) < 4.78 is 5.18. The molecular weight excluding hydrogens is 114 g/mol. The first kappa shape index (κ1) is 7.03. The van der Waals surface area contributed by atoms with Crippen molar-refractivity contribution in [3.8, 4) is 0 Å². The van der Waals surface area contributed by atoms with E-state index in [4.69, 9.17) is 4.74 Å². The van der Waals surface area contributed by atoms with Crippen LogP contribution in [0.3, 0.4) is 0 Å². The van der Waals surface area contributed by atoms with Gasteiger partial charge in [-0.3, -0.25) is 4.90 Å². The highest BCUT2D eigenvalue weighted by atomic mass is 16.5. The summed E-state index contributed by atoms with van der Waals surface area (Å²) in [5, 5.41) is 0. The minimum absolute atomic E-state index is 0.427. The van der Waals surface area contributed by atoms with Gasteiger partial charge in [0.1, 0.15) is 0 Å². The Hall–Kier alpha value is -0.0800. The maximum atomic E-state index is 5.18. The van der Waals surface area contributed by atoms with Gasteiger partial charge in [0.05, 0.1) is 6.10 Å². The van der Waals surface area contributed by atoms with Gasteiger partial charge >= 0.3 is 0 Å². The van der Waals surface area contributed by atoms with Crippen LogP contribution in [-0.4, -0.2) is 31.2 Å². The molecular formula is C7H14NO. The molecule has 1 unspecified atom stereocenters. The molecule has 1 rings (SSSR count). The highest BCUT2D eigenvalue weighted by Gasteiger charge is 2.15. The topological polar surface area (TPSA) is 12.5 Å². The molecule has 0 amide bonds. The van der Waals surface area contributed by atoms with Crippen molar-refractivity contribution in [2.45, 2.75) is 18.9 Å². The molecule has 1 atom stereocenters. The Morgan fingerprint density at radius 2 is 2.44 bits per heavy atom. The van der Waals surface area contributed by atoms with Crippen LogP contribution in [0.5, 0.6) is 0 Å². The third-order valence-electron chi connectivity index (χ3n) is 1.80. The van der Waals surface area contributed by atoms with Crippen molar-refractivity contribution in [1.29, 1.82) is 0 Å². The maximum absolute atomic E-state index is 5.18. The van der Waals surface area contributed by atoms with Crippen LogP contribution in [0.15, 0.2) is 0 Å². The van der Waals surface area contributed by atoms with E-state index in [9.17, 15) is 0 Å². The van der Waals surface area contributed by atoms with Crippen molar-refractivity contribution in [2.24, 2.45) is 0 Å². The Kier molecular flexibility index (Phi) is 2.49. The molecule has 1 radical (unpaired) electrons. The molecule has 1 aliphatic rings. The van der Waals surface area contributed by atoms with Gasteiger partial charge in [-0.25, -0.2) is 0 Å². The lowest BCUT2D eigenvalue weighted by molar-refractivity contribution is 0.0465. The molecule has 1 fully saturated rings. The van der Waals surface area contributed by atoms with Crippen molar-refractivity contribution >= 4 is 0 Å². The zero-order chi connectivity index (χ0) is 6.69. The molecule has 0 aromatic carbocycles. The van der Waals surface area contributed by atoms with Crippen LogP contribution in [0.2, 0.25) is 0 Å². The second-order valence-electron chi connectivity index (χ2n) is 2.58. The standard InChI is InChI=1S/C7H14NO/c1-8-5-3-4-7(6-8)9-2/h7H,1,3-6H2,2H3. The van der Waals surface area contributed by atoms with Gasteiger partial charge in [-0.1, -0.05) is 0 Å². The van der Waals surface area contributed by atoms with Crippen LogP contribution in [0.4, 0.5) is 0 Å². The average Bonchev–Trinajstić information content (AvgIpc) is 1.88. The Labute approximate surface area is 56.8 Å². The maximum Gasteiger partial charge on any atom is 0.0698 e. The summed E-state index contributed by atoms with van der Waals surface area (Å²) >= 11 is 0. The zero-order valence-corrected chi connectivity index (χ0v) is 5.97. The van der Waals surface area contributed by atoms with Gasteiger partial charge in [0.25, 0.3) is 0 Å². The first-order valence-electron chi connectivity index (χ1n) is 3.41. The first-order chi connectivity index (χ1) is 4.33. The van der Waals surface area contributed by atoms with Crippen LogP contribution in [0, 0.1) is 7.05 Å². The predicted molar refractivity (Wildman–Crippen MR) is 37.0 cm³/mol. The van der Waals surface area contributed by atoms with Gasteiger partial charge in [0.2, 0.25) is 0 Å². The predicted octanol–water partition coefficient (Wildman–Crippen LogP) is 0.889. The van der Waals surface area contributed by atoms with Gasteiger partial charge in [-0.05, 0) is 19.4 Å². The molecule has 1 saturated heterocycles. The Bertz CT molecular complexity index is 85.0. The molecule has 1 aliphatic heterocycles. The van der Waals surface area contributed by atoms with Crippen molar-refractivity contribution < 1.29 is 4.74 Å². The third-order valence-corrected chi connectivity index (χ3v) is 1.80. The number of hydrogen-bond acceptors (Lipinski definition) is 2. The fraction of sp³-hybridized carbons (Fsp3) is 0.857. The fourth-order valence-electron chi connectivity index (χ4n) is 1.21. The minimum atomic E-state index is 0.427. The van der Waals surface area contributed by atoms with Crippen LogP contribution >= 0.6 is 0 Å². The lowest BCUT2D eigenvalue weighted by Gasteiger charge is -2.28. The molecule has 53 valence electrons. The number of rotatable bonds is 1. The van der Waals surface area contributed by atoms with Crippen molar-refractivity contribution in [3.05, 3.63) is 7.05 Å². The number of ether oxygens (including phenoxy) is 1. The first-order valence-corrected chi connectivity index (χ1v) is 3.41. The van der Waals surface area contributed by atoms with Crippen LogP contribution in [0.1, 0.15) is 12.8 Å².